The average molecular weight is 262 g/mol. The van der Waals surface area contributed by atoms with Crippen molar-refractivity contribution in [2.75, 3.05) is 19.6 Å². The Morgan fingerprint density at radius 1 is 1.21 bits per heavy atom. The normalized spacial score (nSPS) is 11.6. The van der Waals surface area contributed by atoms with Crippen molar-refractivity contribution in [2.45, 2.75) is 33.6 Å². The van der Waals surface area contributed by atoms with Crippen LogP contribution in [-0.4, -0.2) is 29.5 Å². The summed E-state index contributed by atoms with van der Waals surface area (Å²) in [6, 6.07) is 3.65. The molecular formula is C16H23FN2. The van der Waals surface area contributed by atoms with E-state index in [1.165, 1.54) is 12.0 Å². The molecule has 0 amide bonds. The third kappa shape index (κ3) is 3.16. The van der Waals surface area contributed by atoms with E-state index in [0.29, 0.717) is 5.52 Å². The Hall–Kier alpha value is -1.35. The van der Waals surface area contributed by atoms with E-state index in [4.69, 9.17) is 0 Å². The number of aromatic nitrogens is 1. The molecule has 3 heteroatoms. The fourth-order valence-electron chi connectivity index (χ4n) is 2.61. The molecule has 1 aromatic carbocycles. The maximum absolute atomic E-state index is 13.8. The van der Waals surface area contributed by atoms with Gasteiger partial charge in [0.1, 0.15) is 5.82 Å². The molecule has 0 spiro atoms. The quantitative estimate of drug-likeness (QED) is 0.836. The molecule has 0 aliphatic carbocycles. The molecule has 1 heterocycles. The first kappa shape index (κ1) is 14.1. The van der Waals surface area contributed by atoms with Gasteiger partial charge in [0, 0.05) is 18.1 Å². The molecule has 19 heavy (non-hydrogen) atoms. The van der Waals surface area contributed by atoms with Crippen LogP contribution in [0.2, 0.25) is 0 Å². The van der Waals surface area contributed by atoms with Gasteiger partial charge in [-0.1, -0.05) is 13.8 Å². The van der Waals surface area contributed by atoms with Crippen LogP contribution in [-0.2, 0) is 6.42 Å². The second kappa shape index (κ2) is 6.20. The number of aryl methyl sites for hydroxylation is 1. The highest BCUT2D eigenvalue weighted by Crippen LogP contribution is 2.23. The number of hydrogen-bond acceptors (Lipinski definition) is 1. The van der Waals surface area contributed by atoms with Gasteiger partial charge < -0.3 is 9.88 Å². The van der Waals surface area contributed by atoms with Crippen molar-refractivity contribution in [1.29, 1.82) is 0 Å². The summed E-state index contributed by atoms with van der Waals surface area (Å²) in [5, 5.41) is 1.03. The molecular weight excluding hydrogens is 239 g/mol. The molecule has 0 bridgehead atoms. The molecule has 1 N–H and O–H groups in total. The molecule has 0 fully saturated rings. The Kier molecular flexibility index (Phi) is 4.59. The van der Waals surface area contributed by atoms with E-state index in [9.17, 15) is 4.39 Å². The van der Waals surface area contributed by atoms with E-state index in [1.807, 2.05) is 13.1 Å². The number of rotatable bonds is 6. The first-order chi connectivity index (χ1) is 9.15. The molecule has 0 atom stereocenters. The number of fused-ring (bicyclic) bond motifs is 1. The molecule has 0 radical (unpaired) electrons. The van der Waals surface area contributed by atoms with E-state index in [1.54, 1.807) is 6.07 Å². The SMILES string of the molecule is CCCN(CC)CCc1c[nH]c2c(F)cc(C)cc12. The summed E-state index contributed by atoms with van der Waals surface area (Å²) >= 11 is 0. The lowest BCUT2D eigenvalue weighted by Gasteiger charge is -2.19. The summed E-state index contributed by atoms with van der Waals surface area (Å²) in [6.07, 6.45) is 4.10. The molecule has 104 valence electrons. The number of nitrogens with one attached hydrogen (secondary N) is 1. The van der Waals surface area contributed by atoms with Gasteiger partial charge in [0.15, 0.2) is 0 Å². The van der Waals surface area contributed by atoms with Gasteiger partial charge in [0.05, 0.1) is 5.52 Å². The third-order valence-electron chi connectivity index (χ3n) is 3.66. The van der Waals surface area contributed by atoms with Crippen molar-refractivity contribution in [3.63, 3.8) is 0 Å². The Bertz CT molecular complexity index is 545. The van der Waals surface area contributed by atoms with E-state index in [0.717, 1.165) is 37.0 Å². The molecule has 0 unspecified atom stereocenters. The van der Waals surface area contributed by atoms with E-state index in [-0.39, 0.29) is 5.82 Å². The van der Waals surface area contributed by atoms with Gasteiger partial charge in [-0.25, -0.2) is 4.39 Å². The lowest BCUT2D eigenvalue weighted by molar-refractivity contribution is 0.293. The van der Waals surface area contributed by atoms with Crippen LogP contribution in [0.4, 0.5) is 4.39 Å². The lowest BCUT2D eigenvalue weighted by atomic mass is 10.1. The van der Waals surface area contributed by atoms with Gasteiger partial charge in [0.25, 0.3) is 0 Å². The summed E-state index contributed by atoms with van der Waals surface area (Å²) in [5.74, 6) is -0.151. The van der Waals surface area contributed by atoms with Crippen LogP contribution in [0.25, 0.3) is 10.9 Å². The number of likely N-dealkylation sites (N-methyl/N-ethyl adjacent to an activating group) is 1. The van der Waals surface area contributed by atoms with Crippen molar-refractivity contribution >= 4 is 10.9 Å². The summed E-state index contributed by atoms with van der Waals surface area (Å²) in [6.45, 7) is 9.57. The molecule has 2 aromatic rings. The number of halogens is 1. The second-order valence-electron chi connectivity index (χ2n) is 5.17. The summed E-state index contributed by atoms with van der Waals surface area (Å²) in [5.41, 5.74) is 2.83. The molecule has 0 saturated carbocycles. The van der Waals surface area contributed by atoms with Crippen LogP contribution in [0.15, 0.2) is 18.3 Å². The number of nitrogens with zero attached hydrogens (tertiary/aromatic N) is 1. The topological polar surface area (TPSA) is 19.0 Å². The van der Waals surface area contributed by atoms with Gasteiger partial charge >= 0.3 is 0 Å². The predicted octanol–water partition coefficient (Wildman–Crippen LogP) is 3.89. The standard InChI is InChI=1S/C16H23FN2/c1-4-7-19(5-2)8-6-13-11-18-16-14(13)9-12(3)10-15(16)17/h9-11,18H,4-8H2,1-3H3. The van der Waals surface area contributed by atoms with Crippen LogP contribution in [0.3, 0.4) is 0 Å². The lowest BCUT2D eigenvalue weighted by Crippen LogP contribution is -2.26. The minimum atomic E-state index is -0.151. The molecule has 0 saturated heterocycles. The van der Waals surface area contributed by atoms with Crippen LogP contribution in [0.1, 0.15) is 31.4 Å². The molecule has 2 nitrogen and oxygen atoms in total. The summed E-state index contributed by atoms with van der Waals surface area (Å²) < 4.78 is 13.8. The summed E-state index contributed by atoms with van der Waals surface area (Å²) in [7, 11) is 0. The molecule has 0 aliphatic rings. The first-order valence-corrected chi connectivity index (χ1v) is 7.14. The van der Waals surface area contributed by atoms with E-state index in [2.05, 4.69) is 29.8 Å². The van der Waals surface area contributed by atoms with Crippen molar-refractivity contribution < 1.29 is 4.39 Å². The average Bonchev–Trinajstić information content (AvgIpc) is 2.78. The van der Waals surface area contributed by atoms with Crippen molar-refractivity contribution in [1.82, 2.24) is 9.88 Å². The Morgan fingerprint density at radius 2 is 2.00 bits per heavy atom. The smallest absolute Gasteiger partial charge is 0.147 e. The zero-order valence-electron chi connectivity index (χ0n) is 12.1. The molecule has 0 aliphatic heterocycles. The van der Waals surface area contributed by atoms with Gasteiger partial charge in [-0.05, 0) is 56.1 Å². The number of hydrogen-bond donors (Lipinski definition) is 1. The van der Waals surface area contributed by atoms with Crippen molar-refractivity contribution in [3.05, 3.63) is 35.3 Å². The minimum Gasteiger partial charge on any atom is -0.359 e. The minimum absolute atomic E-state index is 0.151. The monoisotopic (exact) mass is 262 g/mol. The highest BCUT2D eigenvalue weighted by atomic mass is 19.1. The highest BCUT2D eigenvalue weighted by molar-refractivity contribution is 5.84. The van der Waals surface area contributed by atoms with Crippen LogP contribution < -0.4 is 0 Å². The fraction of sp³-hybridized carbons (Fsp3) is 0.500. The maximum atomic E-state index is 13.8. The number of aromatic amines is 1. The Morgan fingerprint density at radius 3 is 2.68 bits per heavy atom. The van der Waals surface area contributed by atoms with Crippen LogP contribution in [0.5, 0.6) is 0 Å². The van der Waals surface area contributed by atoms with Gasteiger partial charge in [-0.15, -0.1) is 0 Å². The van der Waals surface area contributed by atoms with Gasteiger partial charge in [-0.2, -0.15) is 0 Å². The number of H-pyrrole nitrogens is 1. The van der Waals surface area contributed by atoms with Crippen molar-refractivity contribution in [2.24, 2.45) is 0 Å². The van der Waals surface area contributed by atoms with Crippen LogP contribution >= 0.6 is 0 Å². The van der Waals surface area contributed by atoms with Gasteiger partial charge in [0.2, 0.25) is 0 Å². The largest absolute Gasteiger partial charge is 0.359 e. The Balaban J connectivity index is 2.17. The first-order valence-electron chi connectivity index (χ1n) is 7.14. The fourth-order valence-corrected chi connectivity index (χ4v) is 2.61. The van der Waals surface area contributed by atoms with Crippen molar-refractivity contribution in [3.8, 4) is 0 Å². The predicted molar refractivity (Wildman–Crippen MR) is 79.1 cm³/mol. The summed E-state index contributed by atoms with van der Waals surface area (Å²) in [4.78, 5) is 5.50. The van der Waals surface area contributed by atoms with Crippen LogP contribution in [0, 0.1) is 12.7 Å². The molecule has 1 aromatic heterocycles. The van der Waals surface area contributed by atoms with E-state index < -0.39 is 0 Å². The zero-order valence-corrected chi connectivity index (χ0v) is 12.1. The molecule has 2 rings (SSSR count). The zero-order chi connectivity index (χ0) is 13.8. The maximum Gasteiger partial charge on any atom is 0.147 e. The Labute approximate surface area is 114 Å². The highest BCUT2D eigenvalue weighted by Gasteiger charge is 2.10. The number of benzene rings is 1. The second-order valence-corrected chi connectivity index (χ2v) is 5.17. The van der Waals surface area contributed by atoms with E-state index >= 15 is 0 Å². The third-order valence-corrected chi connectivity index (χ3v) is 3.66. The van der Waals surface area contributed by atoms with Gasteiger partial charge in [-0.3, -0.25) is 0 Å².